The fraction of sp³-hybridized carbons (Fsp3) is 0.846. The van der Waals surface area contributed by atoms with Crippen LogP contribution in [0, 0.1) is 11.8 Å². The Morgan fingerprint density at radius 3 is 2.47 bits per heavy atom. The van der Waals surface area contributed by atoms with Gasteiger partial charge in [0, 0.05) is 6.04 Å². The summed E-state index contributed by atoms with van der Waals surface area (Å²) in [7, 11) is 0. The number of amides is 1. The van der Waals surface area contributed by atoms with Crippen molar-refractivity contribution in [3.05, 3.63) is 0 Å². The number of nitrogens with one attached hydrogen (secondary N) is 1. The number of nitrogens with two attached hydrogens (primary N) is 1. The molecule has 3 nitrogen and oxygen atoms in total. The number of hydrogen-bond acceptors (Lipinski definition) is 2. The highest BCUT2D eigenvalue weighted by atomic mass is 32.1. The first-order chi connectivity index (χ1) is 8.06. The van der Waals surface area contributed by atoms with Gasteiger partial charge in [-0.1, -0.05) is 38.4 Å². The number of carbonyl (C=O) groups excluding carboxylic acids is 1. The van der Waals surface area contributed by atoms with E-state index in [-0.39, 0.29) is 16.8 Å². The topological polar surface area (TPSA) is 55.1 Å². The van der Waals surface area contributed by atoms with Gasteiger partial charge in [-0.25, -0.2) is 0 Å². The maximum atomic E-state index is 11.9. The zero-order chi connectivity index (χ0) is 12.8. The summed E-state index contributed by atoms with van der Waals surface area (Å²) in [5.41, 5.74) is 5.50. The zero-order valence-electron chi connectivity index (χ0n) is 10.9. The van der Waals surface area contributed by atoms with E-state index in [1.807, 2.05) is 0 Å². The minimum Gasteiger partial charge on any atom is -0.393 e. The van der Waals surface area contributed by atoms with Gasteiger partial charge in [-0.3, -0.25) is 4.79 Å². The van der Waals surface area contributed by atoms with Crippen LogP contribution in [0.5, 0.6) is 0 Å². The maximum Gasteiger partial charge on any atom is 0.229 e. The lowest BCUT2D eigenvalue weighted by molar-refractivity contribution is -0.123. The molecule has 3 N–H and O–H groups in total. The molecule has 0 aliphatic heterocycles. The smallest absolute Gasteiger partial charge is 0.229 e. The fourth-order valence-electron chi connectivity index (χ4n) is 2.53. The van der Waals surface area contributed by atoms with Crippen LogP contribution in [0.2, 0.25) is 0 Å². The summed E-state index contributed by atoms with van der Waals surface area (Å²) < 4.78 is 0. The normalized spacial score (nSPS) is 20.6. The second-order valence-electron chi connectivity index (χ2n) is 5.05. The van der Waals surface area contributed by atoms with Gasteiger partial charge in [0.15, 0.2) is 0 Å². The van der Waals surface area contributed by atoms with Gasteiger partial charge in [0.1, 0.15) is 0 Å². The molecular weight excluding hydrogens is 232 g/mol. The van der Waals surface area contributed by atoms with Gasteiger partial charge in [-0.15, -0.1) is 0 Å². The molecule has 0 aromatic rings. The van der Waals surface area contributed by atoms with E-state index in [9.17, 15) is 4.79 Å². The van der Waals surface area contributed by atoms with Crippen LogP contribution in [0.15, 0.2) is 0 Å². The standard InChI is InChI=1S/C13H24N2OS/c1-3-11(10-7-5-4-6-8-10)15-13(16)9(2)12(14)17/h9-11H,3-8H2,1-2H3,(H2,14,17)(H,15,16). The van der Waals surface area contributed by atoms with Crippen LogP contribution in [-0.2, 0) is 4.79 Å². The van der Waals surface area contributed by atoms with Crippen LogP contribution in [0.3, 0.4) is 0 Å². The average molecular weight is 256 g/mol. The first-order valence-corrected chi connectivity index (χ1v) is 7.06. The monoisotopic (exact) mass is 256 g/mol. The van der Waals surface area contributed by atoms with Crippen molar-refractivity contribution in [2.45, 2.75) is 58.4 Å². The molecule has 1 amide bonds. The van der Waals surface area contributed by atoms with Crippen molar-refractivity contribution >= 4 is 23.1 Å². The highest BCUT2D eigenvalue weighted by molar-refractivity contribution is 7.80. The molecule has 1 saturated carbocycles. The summed E-state index contributed by atoms with van der Waals surface area (Å²) in [5, 5.41) is 3.11. The summed E-state index contributed by atoms with van der Waals surface area (Å²) >= 11 is 4.86. The van der Waals surface area contributed by atoms with Crippen LogP contribution in [0.4, 0.5) is 0 Å². The van der Waals surface area contributed by atoms with E-state index in [0.29, 0.717) is 12.0 Å². The van der Waals surface area contributed by atoms with Gasteiger partial charge in [0.25, 0.3) is 0 Å². The van der Waals surface area contributed by atoms with E-state index in [4.69, 9.17) is 18.0 Å². The van der Waals surface area contributed by atoms with Crippen molar-refractivity contribution < 1.29 is 4.79 Å². The number of carbonyl (C=O) groups is 1. The van der Waals surface area contributed by atoms with Crippen molar-refractivity contribution in [3.63, 3.8) is 0 Å². The SMILES string of the molecule is CCC(NC(=O)C(C)C(N)=S)C1CCCCC1. The molecule has 0 aromatic carbocycles. The Balaban J connectivity index is 2.50. The van der Waals surface area contributed by atoms with Crippen molar-refractivity contribution in [1.82, 2.24) is 5.32 Å². The highest BCUT2D eigenvalue weighted by Crippen LogP contribution is 2.27. The molecule has 1 rings (SSSR count). The van der Waals surface area contributed by atoms with E-state index in [0.717, 1.165) is 6.42 Å². The Morgan fingerprint density at radius 2 is 2.00 bits per heavy atom. The molecule has 2 unspecified atom stereocenters. The summed E-state index contributed by atoms with van der Waals surface area (Å²) in [6.45, 7) is 3.90. The minimum atomic E-state index is -0.359. The Bertz CT molecular complexity index is 275. The molecule has 1 aliphatic rings. The second kappa shape index (κ2) is 6.94. The number of thiocarbonyl (C=S) groups is 1. The summed E-state index contributed by atoms with van der Waals surface area (Å²) in [5.74, 6) is 0.258. The van der Waals surface area contributed by atoms with E-state index in [1.54, 1.807) is 6.92 Å². The zero-order valence-corrected chi connectivity index (χ0v) is 11.7. The van der Waals surface area contributed by atoms with Crippen molar-refractivity contribution in [3.8, 4) is 0 Å². The van der Waals surface area contributed by atoms with E-state index in [1.165, 1.54) is 32.1 Å². The lowest BCUT2D eigenvalue weighted by Gasteiger charge is -2.31. The van der Waals surface area contributed by atoms with Crippen LogP contribution < -0.4 is 11.1 Å². The summed E-state index contributed by atoms with van der Waals surface area (Å²) in [6.07, 6.45) is 7.38. The maximum absolute atomic E-state index is 11.9. The molecule has 4 heteroatoms. The average Bonchev–Trinajstić information content (AvgIpc) is 2.35. The number of rotatable bonds is 5. The van der Waals surface area contributed by atoms with Gasteiger partial charge in [-0.05, 0) is 32.1 Å². The lowest BCUT2D eigenvalue weighted by Crippen LogP contribution is -2.45. The third-order valence-electron chi connectivity index (χ3n) is 3.81. The van der Waals surface area contributed by atoms with E-state index < -0.39 is 0 Å². The lowest BCUT2D eigenvalue weighted by atomic mass is 9.82. The molecule has 0 radical (unpaired) electrons. The third-order valence-corrected chi connectivity index (χ3v) is 4.16. The first-order valence-electron chi connectivity index (χ1n) is 6.66. The molecule has 0 bridgehead atoms. The molecule has 0 spiro atoms. The van der Waals surface area contributed by atoms with Crippen molar-refractivity contribution in [2.24, 2.45) is 17.6 Å². The summed E-state index contributed by atoms with van der Waals surface area (Å²) in [6, 6.07) is 0.291. The van der Waals surface area contributed by atoms with Crippen LogP contribution in [-0.4, -0.2) is 16.9 Å². The molecule has 17 heavy (non-hydrogen) atoms. The van der Waals surface area contributed by atoms with E-state index >= 15 is 0 Å². The first kappa shape index (κ1) is 14.4. The predicted octanol–water partition coefficient (Wildman–Crippen LogP) is 2.38. The molecule has 0 saturated heterocycles. The van der Waals surface area contributed by atoms with Gasteiger partial charge >= 0.3 is 0 Å². The molecule has 98 valence electrons. The Labute approximate surface area is 110 Å². The molecule has 0 heterocycles. The summed E-state index contributed by atoms with van der Waals surface area (Å²) in [4.78, 5) is 12.2. The Morgan fingerprint density at radius 1 is 1.41 bits per heavy atom. The van der Waals surface area contributed by atoms with Gasteiger partial charge in [0.2, 0.25) is 5.91 Å². The molecule has 1 aliphatic carbocycles. The van der Waals surface area contributed by atoms with Gasteiger partial charge in [-0.2, -0.15) is 0 Å². The second-order valence-corrected chi connectivity index (χ2v) is 5.52. The highest BCUT2D eigenvalue weighted by Gasteiger charge is 2.25. The van der Waals surface area contributed by atoms with Crippen LogP contribution in [0.25, 0.3) is 0 Å². The quantitative estimate of drug-likeness (QED) is 0.743. The molecule has 1 fully saturated rings. The molecule has 2 atom stereocenters. The Hall–Kier alpha value is -0.640. The number of hydrogen-bond donors (Lipinski definition) is 2. The van der Waals surface area contributed by atoms with Gasteiger partial charge < -0.3 is 11.1 Å². The fourth-order valence-corrected chi connectivity index (χ4v) is 2.63. The van der Waals surface area contributed by atoms with Crippen molar-refractivity contribution in [1.29, 1.82) is 0 Å². The van der Waals surface area contributed by atoms with Gasteiger partial charge in [0.05, 0.1) is 10.9 Å². The molecule has 0 aromatic heterocycles. The predicted molar refractivity (Wildman–Crippen MR) is 74.7 cm³/mol. The third kappa shape index (κ3) is 4.26. The molecular formula is C13H24N2OS. The van der Waals surface area contributed by atoms with Crippen LogP contribution in [0.1, 0.15) is 52.4 Å². The largest absolute Gasteiger partial charge is 0.393 e. The Kier molecular flexibility index (Phi) is 5.89. The van der Waals surface area contributed by atoms with Crippen molar-refractivity contribution in [2.75, 3.05) is 0 Å². The van der Waals surface area contributed by atoms with Crippen LogP contribution >= 0.6 is 12.2 Å². The van der Waals surface area contributed by atoms with E-state index in [2.05, 4.69) is 12.2 Å². The minimum absolute atomic E-state index is 0.0186.